The number of methoxy groups -OCH3 is 3. The van der Waals surface area contributed by atoms with E-state index in [2.05, 4.69) is 5.32 Å². The zero-order valence-electron chi connectivity index (χ0n) is 17.8. The van der Waals surface area contributed by atoms with E-state index in [0.717, 1.165) is 27.8 Å². The second kappa shape index (κ2) is 9.45. The Bertz CT molecular complexity index is 1170. The van der Waals surface area contributed by atoms with Gasteiger partial charge in [-0.15, -0.1) is 0 Å². The van der Waals surface area contributed by atoms with Crippen molar-refractivity contribution in [1.82, 2.24) is 9.97 Å². The minimum Gasteiger partial charge on any atom is -0.493 e. The van der Waals surface area contributed by atoms with E-state index in [4.69, 9.17) is 24.2 Å². The van der Waals surface area contributed by atoms with Crippen LogP contribution in [0, 0.1) is 0 Å². The van der Waals surface area contributed by atoms with Gasteiger partial charge in [0.15, 0.2) is 17.3 Å². The lowest BCUT2D eigenvalue weighted by atomic mass is 10.1. The van der Waals surface area contributed by atoms with Crippen molar-refractivity contribution in [3.05, 3.63) is 89.7 Å². The molecule has 158 valence electrons. The molecule has 0 bridgehead atoms. The number of aromatic nitrogens is 2. The SMILES string of the molecule is COc1cccc(CNc2nc(C(OC)c3ccccc3)nc3ccccc23)c1OC. The van der Waals surface area contributed by atoms with Gasteiger partial charge in [0.1, 0.15) is 11.9 Å². The lowest BCUT2D eigenvalue weighted by Gasteiger charge is -2.18. The number of nitrogens with one attached hydrogen (secondary N) is 1. The van der Waals surface area contributed by atoms with Crippen LogP contribution in [0.5, 0.6) is 11.5 Å². The van der Waals surface area contributed by atoms with Crippen LogP contribution in [0.4, 0.5) is 5.82 Å². The van der Waals surface area contributed by atoms with Crippen LogP contribution in [0.25, 0.3) is 10.9 Å². The molecule has 0 spiro atoms. The number of nitrogens with zero attached hydrogens (tertiary/aromatic N) is 2. The van der Waals surface area contributed by atoms with Gasteiger partial charge in [-0.1, -0.05) is 54.6 Å². The van der Waals surface area contributed by atoms with E-state index in [1.54, 1.807) is 21.3 Å². The van der Waals surface area contributed by atoms with Gasteiger partial charge >= 0.3 is 0 Å². The third-order valence-electron chi connectivity index (χ3n) is 5.12. The monoisotopic (exact) mass is 415 g/mol. The summed E-state index contributed by atoms with van der Waals surface area (Å²) in [4.78, 5) is 9.62. The number of anilines is 1. The van der Waals surface area contributed by atoms with Gasteiger partial charge < -0.3 is 19.5 Å². The summed E-state index contributed by atoms with van der Waals surface area (Å²) < 4.78 is 16.7. The summed E-state index contributed by atoms with van der Waals surface area (Å²) in [5, 5.41) is 4.40. The minimum atomic E-state index is -0.363. The number of rotatable bonds is 8. The van der Waals surface area contributed by atoms with Crippen LogP contribution in [0.2, 0.25) is 0 Å². The Hall–Kier alpha value is -3.64. The van der Waals surface area contributed by atoms with Crippen molar-refractivity contribution in [2.45, 2.75) is 12.6 Å². The van der Waals surface area contributed by atoms with E-state index >= 15 is 0 Å². The van der Waals surface area contributed by atoms with Crippen molar-refractivity contribution in [2.24, 2.45) is 0 Å². The summed E-state index contributed by atoms with van der Waals surface area (Å²) in [6.45, 7) is 0.518. The molecule has 1 heterocycles. The molecule has 0 amide bonds. The molecule has 6 heteroatoms. The van der Waals surface area contributed by atoms with Crippen molar-refractivity contribution in [1.29, 1.82) is 0 Å². The largest absolute Gasteiger partial charge is 0.493 e. The number of ether oxygens (including phenoxy) is 3. The van der Waals surface area contributed by atoms with Crippen molar-refractivity contribution in [3.63, 3.8) is 0 Å². The second-order valence-electron chi connectivity index (χ2n) is 6.98. The van der Waals surface area contributed by atoms with Crippen LogP contribution in [0.3, 0.4) is 0 Å². The van der Waals surface area contributed by atoms with Crippen molar-refractivity contribution >= 4 is 16.7 Å². The molecular formula is C25H25N3O3. The molecular weight excluding hydrogens is 390 g/mol. The Balaban J connectivity index is 1.73. The number of hydrogen-bond acceptors (Lipinski definition) is 6. The molecule has 1 N–H and O–H groups in total. The molecule has 4 aromatic rings. The van der Waals surface area contributed by atoms with E-state index in [0.29, 0.717) is 23.9 Å². The molecule has 3 aromatic carbocycles. The maximum atomic E-state index is 5.77. The van der Waals surface area contributed by atoms with Gasteiger partial charge in [-0.2, -0.15) is 0 Å². The molecule has 0 aliphatic heterocycles. The smallest absolute Gasteiger partial charge is 0.165 e. The van der Waals surface area contributed by atoms with Gasteiger partial charge in [0.2, 0.25) is 0 Å². The molecule has 1 aromatic heterocycles. The fraction of sp³-hybridized carbons (Fsp3) is 0.200. The summed E-state index contributed by atoms with van der Waals surface area (Å²) in [5.41, 5.74) is 2.82. The highest BCUT2D eigenvalue weighted by molar-refractivity contribution is 5.89. The third kappa shape index (κ3) is 4.29. The van der Waals surface area contributed by atoms with Crippen molar-refractivity contribution < 1.29 is 14.2 Å². The first-order chi connectivity index (χ1) is 15.2. The highest BCUT2D eigenvalue weighted by atomic mass is 16.5. The van der Waals surface area contributed by atoms with Crippen LogP contribution in [-0.2, 0) is 11.3 Å². The molecule has 0 aliphatic carbocycles. The summed E-state index contributed by atoms with van der Waals surface area (Å²) >= 11 is 0. The quantitative estimate of drug-likeness (QED) is 0.437. The second-order valence-corrected chi connectivity index (χ2v) is 6.98. The van der Waals surface area contributed by atoms with E-state index in [1.165, 1.54) is 0 Å². The van der Waals surface area contributed by atoms with Crippen LogP contribution >= 0.6 is 0 Å². The van der Waals surface area contributed by atoms with E-state index < -0.39 is 0 Å². The molecule has 0 radical (unpaired) electrons. The number of para-hydroxylation sites is 2. The van der Waals surface area contributed by atoms with Crippen molar-refractivity contribution in [2.75, 3.05) is 26.6 Å². The van der Waals surface area contributed by atoms with E-state index in [1.807, 2.05) is 72.8 Å². The number of benzene rings is 3. The fourth-order valence-corrected chi connectivity index (χ4v) is 3.64. The predicted octanol–water partition coefficient (Wildman–Crippen LogP) is 4.99. The van der Waals surface area contributed by atoms with E-state index in [9.17, 15) is 0 Å². The number of fused-ring (bicyclic) bond motifs is 1. The van der Waals surface area contributed by atoms with Crippen LogP contribution in [0.15, 0.2) is 72.8 Å². The highest BCUT2D eigenvalue weighted by Crippen LogP contribution is 2.32. The first kappa shape index (κ1) is 20.6. The summed E-state index contributed by atoms with van der Waals surface area (Å²) in [7, 11) is 4.95. The maximum Gasteiger partial charge on any atom is 0.165 e. The Morgan fingerprint density at radius 1 is 0.806 bits per heavy atom. The van der Waals surface area contributed by atoms with Gasteiger partial charge in [0.05, 0.1) is 19.7 Å². The molecule has 0 fully saturated rings. The summed E-state index contributed by atoms with van der Waals surface area (Å²) in [5.74, 6) is 2.74. The topological polar surface area (TPSA) is 65.5 Å². The van der Waals surface area contributed by atoms with Gasteiger partial charge in [-0.3, -0.25) is 0 Å². The fourth-order valence-electron chi connectivity index (χ4n) is 3.64. The summed E-state index contributed by atoms with van der Waals surface area (Å²) in [6, 6.07) is 23.7. The zero-order chi connectivity index (χ0) is 21.6. The molecule has 0 saturated carbocycles. The van der Waals surface area contributed by atoms with Crippen LogP contribution in [-0.4, -0.2) is 31.3 Å². The lowest BCUT2D eigenvalue weighted by molar-refractivity contribution is 0.129. The van der Waals surface area contributed by atoms with Gasteiger partial charge in [-0.25, -0.2) is 9.97 Å². The Morgan fingerprint density at radius 2 is 1.58 bits per heavy atom. The molecule has 4 rings (SSSR count). The highest BCUT2D eigenvalue weighted by Gasteiger charge is 2.19. The third-order valence-corrected chi connectivity index (χ3v) is 5.12. The molecule has 0 aliphatic rings. The van der Waals surface area contributed by atoms with Crippen LogP contribution < -0.4 is 14.8 Å². The average molecular weight is 415 g/mol. The normalized spacial score (nSPS) is 11.8. The van der Waals surface area contributed by atoms with Crippen molar-refractivity contribution in [3.8, 4) is 11.5 Å². The molecule has 1 unspecified atom stereocenters. The van der Waals surface area contributed by atoms with E-state index in [-0.39, 0.29) is 6.10 Å². The first-order valence-electron chi connectivity index (χ1n) is 10.0. The first-order valence-corrected chi connectivity index (χ1v) is 10.0. The Labute approximate surface area is 181 Å². The molecule has 0 saturated heterocycles. The predicted molar refractivity (Wildman–Crippen MR) is 122 cm³/mol. The molecule has 31 heavy (non-hydrogen) atoms. The minimum absolute atomic E-state index is 0.363. The number of hydrogen-bond donors (Lipinski definition) is 1. The molecule has 1 atom stereocenters. The molecule has 6 nitrogen and oxygen atoms in total. The lowest BCUT2D eigenvalue weighted by Crippen LogP contribution is -2.12. The zero-order valence-corrected chi connectivity index (χ0v) is 17.8. The maximum absolute atomic E-state index is 5.77. The Kier molecular flexibility index (Phi) is 6.29. The van der Waals surface area contributed by atoms with Gasteiger partial charge in [0.25, 0.3) is 0 Å². The van der Waals surface area contributed by atoms with Gasteiger partial charge in [-0.05, 0) is 23.8 Å². The van der Waals surface area contributed by atoms with Crippen LogP contribution in [0.1, 0.15) is 23.1 Å². The standard InChI is InChI=1S/C25H25N3O3/c1-29-21-15-9-12-18(22(21)30-2)16-26-24-19-13-7-8-14-20(19)27-25(28-24)23(31-3)17-10-5-4-6-11-17/h4-15,23H,16H2,1-3H3,(H,26,27,28). The summed E-state index contributed by atoms with van der Waals surface area (Å²) in [6.07, 6.45) is -0.363. The average Bonchev–Trinajstić information content (AvgIpc) is 2.83. The Morgan fingerprint density at radius 3 is 2.32 bits per heavy atom. The van der Waals surface area contributed by atoms with Gasteiger partial charge in [0, 0.05) is 24.6 Å².